The first-order chi connectivity index (χ1) is 11.7. The third-order valence-corrected chi connectivity index (χ3v) is 6.33. The third kappa shape index (κ3) is 7.15. The van der Waals surface area contributed by atoms with Crippen LogP contribution in [-0.2, 0) is 4.79 Å². The fourth-order valence-electron chi connectivity index (χ4n) is 4.72. The van der Waals surface area contributed by atoms with Crippen molar-refractivity contribution in [3.8, 4) is 0 Å². The molecule has 0 aromatic rings. The number of hydrogen-bond acceptors (Lipinski definition) is 1. The quantitative estimate of drug-likeness (QED) is 0.350. The average molecular weight is 338 g/mol. The van der Waals surface area contributed by atoms with Gasteiger partial charge < -0.3 is 5.73 Å². The van der Waals surface area contributed by atoms with Crippen molar-refractivity contribution in [3.63, 3.8) is 0 Å². The van der Waals surface area contributed by atoms with E-state index in [1.165, 1.54) is 96.3 Å². The van der Waals surface area contributed by atoms with Gasteiger partial charge in [-0.1, -0.05) is 97.3 Å². The monoisotopic (exact) mass is 337 g/mol. The van der Waals surface area contributed by atoms with E-state index in [9.17, 15) is 4.79 Å². The Balaban J connectivity index is 2.47. The highest BCUT2D eigenvalue weighted by atomic mass is 16.1. The van der Waals surface area contributed by atoms with Gasteiger partial charge in [0.2, 0.25) is 5.91 Å². The molecule has 1 amide bonds. The van der Waals surface area contributed by atoms with Crippen LogP contribution in [0.4, 0.5) is 0 Å². The van der Waals surface area contributed by atoms with Gasteiger partial charge >= 0.3 is 0 Å². The predicted molar refractivity (Wildman–Crippen MR) is 105 cm³/mol. The first kappa shape index (κ1) is 21.5. The van der Waals surface area contributed by atoms with Gasteiger partial charge in [-0.05, 0) is 31.6 Å². The van der Waals surface area contributed by atoms with Crippen molar-refractivity contribution in [2.45, 2.75) is 123 Å². The molecule has 0 heterocycles. The Morgan fingerprint density at radius 1 is 0.875 bits per heavy atom. The van der Waals surface area contributed by atoms with Crippen molar-refractivity contribution in [1.82, 2.24) is 0 Å². The minimum Gasteiger partial charge on any atom is -0.369 e. The lowest BCUT2D eigenvalue weighted by Gasteiger charge is -2.42. The smallest absolute Gasteiger partial charge is 0.223 e. The Kier molecular flexibility index (Phi) is 11.5. The first-order valence-corrected chi connectivity index (χ1v) is 11.0. The molecule has 0 radical (unpaired) electrons. The summed E-state index contributed by atoms with van der Waals surface area (Å²) in [4.78, 5) is 12.4. The van der Waals surface area contributed by atoms with E-state index in [1.807, 2.05) is 0 Å². The van der Waals surface area contributed by atoms with Gasteiger partial charge in [0, 0.05) is 0 Å². The van der Waals surface area contributed by atoms with Crippen LogP contribution in [0, 0.1) is 11.3 Å². The summed E-state index contributed by atoms with van der Waals surface area (Å²) in [6.45, 7) is 4.52. The van der Waals surface area contributed by atoms with Gasteiger partial charge in [0.15, 0.2) is 0 Å². The summed E-state index contributed by atoms with van der Waals surface area (Å²) >= 11 is 0. The fourth-order valence-corrected chi connectivity index (χ4v) is 4.72. The minimum absolute atomic E-state index is 0.00863. The molecule has 1 rings (SSSR count). The minimum atomic E-state index is -0.173. The van der Waals surface area contributed by atoms with Gasteiger partial charge in [-0.2, -0.15) is 0 Å². The van der Waals surface area contributed by atoms with Gasteiger partial charge in [0.1, 0.15) is 0 Å². The molecule has 24 heavy (non-hydrogen) atoms. The molecule has 1 fully saturated rings. The fraction of sp³-hybridized carbons (Fsp3) is 0.955. The van der Waals surface area contributed by atoms with E-state index < -0.39 is 0 Å². The molecule has 0 saturated heterocycles. The Morgan fingerprint density at radius 3 is 2.08 bits per heavy atom. The maximum Gasteiger partial charge on any atom is 0.223 e. The van der Waals surface area contributed by atoms with Crippen molar-refractivity contribution in [2.24, 2.45) is 17.1 Å². The lowest BCUT2D eigenvalue weighted by molar-refractivity contribution is -0.134. The molecule has 0 aliphatic heterocycles. The maximum absolute atomic E-state index is 12.4. The molecule has 2 nitrogen and oxygen atoms in total. The maximum atomic E-state index is 12.4. The molecule has 2 atom stereocenters. The molecule has 0 spiro atoms. The van der Waals surface area contributed by atoms with E-state index in [2.05, 4.69) is 13.8 Å². The molecule has 0 aromatic carbocycles. The number of nitrogens with two attached hydrogens (primary N) is 1. The summed E-state index contributed by atoms with van der Waals surface area (Å²) in [6, 6.07) is 0. The molecule has 1 aliphatic carbocycles. The van der Waals surface area contributed by atoms with E-state index in [4.69, 9.17) is 5.73 Å². The van der Waals surface area contributed by atoms with Gasteiger partial charge in [-0.25, -0.2) is 0 Å². The molecule has 0 aromatic heterocycles. The number of primary amides is 1. The Hall–Kier alpha value is -0.530. The summed E-state index contributed by atoms with van der Waals surface area (Å²) in [7, 11) is 0. The summed E-state index contributed by atoms with van der Waals surface area (Å²) in [5, 5.41) is 0. The van der Waals surface area contributed by atoms with Crippen molar-refractivity contribution in [3.05, 3.63) is 0 Å². The van der Waals surface area contributed by atoms with Crippen LogP contribution < -0.4 is 5.73 Å². The lowest BCUT2D eigenvalue weighted by atomic mass is 9.61. The Labute approximate surface area is 151 Å². The van der Waals surface area contributed by atoms with E-state index in [1.54, 1.807) is 0 Å². The molecule has 2 unspecified atom stereocenters. The SMILES string of the molecule is CCCCCCCCC1(C(N)=O)CCCCC1CCCCCCC. The highest BCUT2D eigenvalue weighted by Crippen LogP contribution is 2.47. The molecule has 2 heteroatoms. The number of amides is 1. The zero-order chi connectivity index (χ0) is 17.7. The summed E-state index contributed by atoms with van der Waals surface area (Å²) in [6.07, 6.45) is 21.5. The normalized spacial score (nSPS) is 24.2. The molecular formula is C22H43NO. The topological polar surface area (TPSA) is 43.1 Å². The first-order valence-electron chi connectivity index (χ1n) is 11.0. The van der Waals surface area contributed by atoms with Gasteiger partial charge in [-0.3, -0.25) is 4.79 Å². The average Bonchev–Trinajstić information content (AvgIpc) is 2.58. The number of hydrogen-bond donors (Lipinski definition) is 1. The largest absolute Gasteiger partial charge is 0.369 e. The Morgan fingerprint density at radius 2 is 1.46 bits per heavy atom. The lowest BCUT2D eigenvalue weighted by Crippen LogP contribution is -2.45. The second-order valence-electron chi connectivity index (χ2n) is 8.18. The van der Waals surface area contributed by atoms with E-state index in [0.717, 1.165) is 12.8 Å². The van der Waals surface area contributed by atoms with E-state index >= 15 is 0 Å². The highest BCUT2D eigenvalue weighted by Gasteiger charge is 2.44. The van der Waals surface area contributed by atoms with Crippen molar-refractivity contribution in [1.29, 1.82) is 0 Å². The van der Waals surface area contributed by atoms with Crippen LogP contribution in [0.3, 0.4) is 0 Å². The van der Waals surface area contributed by atoms with Crippen molar-refractivity contribution in [2.75, 3.05) is 0 Å². The summed E-state index contributed by atoms with van der Waals surface area (Å²) in [5.74, 6) is 0.565. The molecule has 2 N–H and O–H groups in total. The van der Waals surface area contributed by atoms with Crippen molar-refractivity contribution >= 4 is 5.91 Å². The second-order valence-corrected chi connectivity index (χ2v) is 8.18. The predicted octanol–water partition coefficient (Wildman–Crippen LogP) is 6.76. The second kappa shape index (κ2) is 12.8. The molecule has 1 saturated carbocycles. The molecule has 142 valence electrons. The Bertz CT molecular complexity index is 328. The van der Waals surface area contributed by atoms with E-state index in [-0.39, 0.29) is 11.3 Å². The van der Waals surface area contributed by atoms with Gasteiger partial charge in [0.25, 0.3) is 0 Å². The van der Waals surface area contributed by atoms with Crippen LogP contribution in [0.1, 0.15) is 123 Å². The van der Waals surface area contributed by atoms with Gasteiger partial charge in [0.05, 0.1) is 5.41 Å². The number of unbranched alkanes of at least 4 members (excludes halogenated alkanes) is 9. The molecule has 1 aliphatic rings. The van der Waals surface area contributed by atoms with Crippen LogP contribution in [0.2, 0.25) is 0 Å². The van der Waals surface area contributed by atoms with Crippen LogP contribution >= 0.6 is 0 Å². The van der Waals surface area contributed by atoms with Crippen LogP contribution in [0.25, 0.3) is 0 Å². The highest BCUT2D eigenvalue weighted by molar-refractivity contribution is 5.81. The molecular weight excluding hydrogens is 294 g/mol. The summed E-state index contributed by atoms with van der Waals surface area (Å²) < 4.78 is 0. The number of carbonyl (C=O) groups is 1. The van der Waals surface area contributed by atoms with Gasteiger partial charge in [-0.15, -0.1) is 0 Å². The number of rotatable bonds is 14. The third-order valence-electron chi connectivity index (χ3n) is 6.33. The zero-order valence-corrected chi connectivity index (χ0v) is 16.6. The summed E-state index contributed by atoms with van der Waals surface area (Å²) in [5.41, 5.74) is 5.80. The van der Waals surface area contributed by atoms with E-state index in [0.29, 0.717) is 5.92 Å². The van der Waals surface area contributed by atoms with Crippen LogP contribution in [-0.4, -0.2) is 5.91 Å². The zero-order valence-electron chi connectivity index (χ0n) is 16.6. The van der Waals surface area contributed by atoms with Crippen LogP contribution in [0.5, 0.6) is 0 Å². The standard InChI is InChI=1S/C22H43NO/c1-3-5-7-9-11-14-18-22(21(23)24)19-15-13-17-20(22)16-12-10-8-6-4-2/h20H,3-19H2,1-2H3,(H2,23,24). The van der Waals surface area contributed by atoms with Crippen molar-refractivity contribution < 1.29 is 4.79 Å². The molecule has 0 bridgehead atoms. The number of carbonyl (C=O) groups excluding carboxylic acids is 1. The van der Waals surface area contributed by atoms with Crippen LogP contribution in [0.15, 0.2) is 0 Å².